The molecule has 8 heterocycles. The molecule has 8 aliphatic rings. The first-order valence-corrected chi connectivity index (χ1v) is 36.8. The number of hydrogen-bond donors (Lipinski definition) is 26. The Bertz CT molecular complexity index is 3000. The molecule has 8 aliphatic heterocycles. The van der Waals surface area contributed by atoms with Gasteiger partial charge in [-0.3, -0.25) is 28.2 Å². The monoisotopic (exact) mass is 1640 g/mol. The highest BCUT2D eigenvalue weighted by Crippen LogP contribution is 2.45. The van der Waals surface area contributed by atoms with Crippen molar-refractivity contribution in [1.82, 2.24) is 21.3 Å². The average Bonchev–Trinajstić information content (AvgIpc) is 0.763. The first kappa shape index (κ1) is 93.0. The molecule has 0 bridgehead atoms. The van der Waals surface area contributed by atoms with Gasteiger partial charge in [0.2, 0.25) is 23.6 Å². The zero-order valence-electron chi connectivity index (χ0n) is 60.9. The summed E-state index contributed by atoms with van der Waals surface area (Å²) in [5.41, 5.74) is 0. The number of carbonyl (C=O) groups is 4. The van der Waals surface area contributed by atoms with Gasteiger partial charge in [0.1, 0.15) is 208 Å². The SMILES string of the molecule is CC(=O)N[C@@H]1[C@@H](O)[C@H](O[C@@H]2O[C@H](CO)[C@@H](O[C@@H]3O[C@H](CO[C@H]4O[C@H](CO)[C@@H](O)[C@H](O[C@H]5O[C@H](CO)[C@@H](O)[C@H](O)[C@@H]5O)[C@@H]4O)[C@@H](O)[C@H](O[C@H]4O[C@H](CO)[C@@H](O)[C@H](O)[C@@H]4O[C@@H]4O[C@H](COP(=O)(O)OCC[N+](C)(C)C)[C@@H](O[C@@H]5O[C@H](CO)[C@H](O)[C@H](O)[C@H]5NC(C)=O)[C@H](O)[C@H]4NC(C)=O)[C@@H]3O)[C@H](O)[C@H]2NC(C)=O)[C@@H](CO)O[C@H]1O. The Labute approximate surface area is 631 Å². The van der Waals surface area contributed by atoms with Gasteiger partial charge in [-0.05, 0) is 0 Å². The van der Waals surface area contributed by atoms with Crippen molar-refractivity contribution in [2.75, 3.05) is 87.1 Å². The van der Waals surface area contributed by atoms with E-state index in [0.717, 1.165) is 27.7 Å². The smallest absolute Gasteiger partial charge is 0.394 e. The Morgan fingerprint density at radius 1 is 0.324 bits per heavy atom. The third-order valence-corrected chi connectivity index (χ3v) is 20.5. The lowest BCUT2D eigenvalue weighted by Crippen LogP contribution is -2.71. The predicted octanol–water partition coefficient (Wildman–Crippen LogP) is -17.0. The van der Waals surface area contributed by atoms with Crippen LogP contribution in [0.3, 0.4) is 0 Å². The molecule has 8 saturated heterocycles. The summed E-state index contributed by atoms with van der Waals surface area (Å²) in [4.78, 5) is 61.8. The third-order valence-electron chi connectivity index (χ3n) is 19.5. The van der Waals surface area contributed by atoms with Gasteiger partial charge >= 0.3 is 7.82 Å². The van der Waals surface area contributed by atoms with Crippen LogP contribution in [0.5, 0.6) is 0 Å². The van der Waals surface area contributed by atoms with Crippen LogP contribution in [0.4, 0.5) is 0 Å². The Morgan fingerprint density at radius 3 is 1.15 bits per heavy atom. The summed E-state index contributed by atoms with van der Waals surface area (Å²) < 4.78 is 113. The van der Waals surface area contributed by atoms with E-state index in [2.05, 4.69) is 21.3 Å². The standard InChI is InChI=1S/C61H106N5O44P/c1-18(73)62-30-40(83)48(26(14-71)97-54(30)91)105-56-32(64-20(3)75)41(84)49(27(15-72)102-56)107-60-47(90)52(38(81)28(103-60)16-94-58-46(89)51(37(80)25(13-70)99-58)108-59-45(88)43(86)35(78)23(11-68)100-59)109-61-53(44(87)36(79)24(12-69)101-61)110-57-33(65-21(4)76)42(85)50(29(104-57)17-96-111(92,93)95-9-8-66(5,6)7)106-55-31(63-19(2)74)39(82)34(77)22(10-67)98-55/h22-61,67-72,77-91H,8-17H2,1-7H3,(H4-,62,63,64,65,73,74,75,76,92,93)/p+1/t22-,23-,24-,25-,26-,27-,28-,29-,30-,31-,32-,33-,34+,35-,36-,37-,38-,39-,40-,41-,42-,43+,44+,45+,46+,47+,48-,49-,50-,51+,52+,53+,54-,55+,56+,57+,58+,59-,60+,61-/m1/s1. The van der Waals surface area contributed by atoms with E-state index < -0.39 is 336 Å². The molecule has 49 nitrogen and oxygen atoms in total. The van der Waals surface area contributed by atoms with E-state index in [0.29, 0.717) is 0 Å². The number of ether oxygens (including phenoxy) is 15. The molecule has 0 aromatic carbocycles. The van der Waals surface area contributed by atoms with E-state index in [1.165, 1.54) is 0 Å². The van der Waals surface area contributed by atoms with Crippen molar-refractivity contribution in [3.8, 4) is 0 Å². The molecular formula is C61H107N5O44P+. The first-order valence-electron chi connectivity index (χ1n) is 35.3. The van der Waals surface area contributed by atoms with Gasteiger partial charge in [-0.25, -0.2) is 4.57 Å². The van der Waals surface area contributed by atoms with Crippen molar-refractivity contribution in [1.29, 1.82) is 0 Å². The second-order valence-electron chi connectivity index (χ2n) is 28.8. The highest BCUT2D eigenvalue weighted by molar-refractivity contribution is 7.47. The molecule has 1 unspecified atom stereocenters. The van der Waals surface area contributed by atoms with Gasteiger partial charge in [-0.15, -0.1) is 0 Å². The number of nitrogens with one attached hydrogen (secondary N) is 4. The molecule has 0 aromatic rings. The Morgan fingerprint density at radius 2 is 0.658 bits per heavy atom. The number of phosphoric acid groups is 1. The maximum absolute atomic E-state index is 13.6. The highest BCUT2D eigenvalue weighted by atomic mass is 31.2. The summed E-state index contributed by atoms with van der Waals surface area (Å²) in [6.07, 6.45) is -75.5. The number of carbonyl (C=O) groups excluding carboxylic acids is 4. The lowest BCUT2D eigenvalue weighted by atomic mass is 9.93. The van der Waals surface area contributed by atoms with E-state index in [4.69, 9.17) is 80.1 Å². The van der Waals surface area contributed by atoms with Gasteiger partial charge < -0.3 is 209 Å². The zero-order chi connectivity index (χ0) is 82.3. The quantitative estimate of drug-likeness (QED) is 0.0220. The van der Waals surface area contributed by atoms with Crippen LogP contribution in [-0.4, -0.2) is 473 Å². The molecule has 8 fully saturated rings. The average molecular weight is 1650 g/mol. The molecule has 0 aliphatic carbocycles. The largest absolute Gasteiger partial charge is 0.472 e. The third kappa shape index (κ3) is 22.5. The van der Waals surface area contributed by atoms with E-state index >= 15 is 0 Å². The molecule has 0 radical (unpaired) electrons. The van der Waals surface area contributed by atoms with Crippen molar-refractivity contribution in [2.24, 2.45) is 0 Å². The number of rotatable bonds is 32. The number of phosphoric ester groups is 1. The fourth-order valence-electron chi connectivity index (χ4n) is 13.6. The minimum atomic E-state index is -5.18. The van der Waals surface area contributed by atoms with Crippen molar-refractivity contribution < 1.29 is 220 Å². The first-order chi connectivity index (χ1) is 52.1. The second-order valence-corrected chi connectivity index (χ2v) is 30.2. The molecule has 50 heteroatoms. The summed E-state index contributed by atoms with van der Waals surface area (Å²) in [5, 5.41) is 244. The minimum absolute atomic E-state index is 0.126. The fraction of sp³-hybridized carbons (Fsp3) is 0.934. The van der Waals surface area contributed by atoms with Crippen molar-refractivity contribution >= 4 is 31.5 Å². The molecule has 0 spiro atoms. The summed E-state index contributed by atoms with van der Waals surface area (Å²) in [6, 6.07) is -7.35. The van der Waals surface area contributed by atoms with Crippen LogP contribution >= 0.6 is 7.82 Å². The van der Waals surface area contributed by atoms with Crippen LogP contribution in [0.15, 0.2) is 0 Å². The van der Waals surface area contributed by atoms with Gasteiger partial charge in [0.15, 0.2) is 50.3 Å². The summed E-state index contributed by atoms with van der Waals surface area (Å²) in [7, 11) is -0.0179. The molecule has 8 rings (SSSR count). The number of hydrogen-bond acceptors (Lipinski definition) is 43. The maximum atomic E-state index is 13.6. The molecule has 644 valence electrons. The van der Waals surface area contributed by atoms with E-state index in [9.17, 15) is 136 Å². The van der Waals surface area contributed by atoms with Crippen LogP contribution in [0.25, 0.3) is 0 Å². The van der Waals surface area contributed by atoms with Crippen LogP contribution < -0.4 is 21.3 Å². The number of aliphatic hydroxyl groups is 21. The normalized spacial score (nSPS) is 45.8. The number of nitrogens with zero attached hydrogens (tertiary/aromatic N) is 1. The zero-order valence-corrected chi connectivity index (χ0v) is 61.8. The molecule has 111 heavy (non-hydrogen) atoms. The summed E-state index contributed by atoms with van der Waals surface area (Å²) in [6.45, 7) is -5.14. The lowest BCUT2D eigenvalue weighted by Gasteiger charge is -2.51. The van der Waals surface area contributed by atoms with Gasteiger partial charge in [0.05, 0.1) is 74.0 Å². The Balaban J connectivity index is 1.16. The highest BCUT2D eigenvalue weighted by Gasteiger charge is 2.60. The van der Waals surface area contributed by atoms with Gasteiger partial charge in [0.25, 0.3) is 0 Å². The lowest BCUT2D eigenvalue weighted by molar-refractivity contribution is -0.870. The van der Waals surface area contributed by atoms with Crippen molar-refractivity contribution in [3.05, 3.63) is 0 Å². The van der Waals surface area contributed by atoms with E-state index in [1.54, 1.807) is 21.1 Å². The topological polar surface area (TPSA) is 735 Å². The van der Waals surface area contributed by atoms with E-state index in [-0.39, 0.29) is 11.0 Å². The summed E-state index contributed by atoms with van der Waals surface area (Å²) >= 11 is 0. The minimum Gasteiger partial charge on any atom is -0.394 e. The molecule has 41 atom stereocenters. The number of amides is 4. The number of likely N-dealkylation sites (N-methyl/N-ethyl adjacent to an activating group) is 1. The van der Waals surface area contributed by atoms with E-state index in [1.807, 2.05) is 0 Å². The molecule has 0 saturated carbocycles. The van der Waals surface area contributed by atoms with Crippen LogP contribution in [0.2, 0.25) is 0 Å². The molecular weight excluding hydrogens is 1540 g/mol. The van der Waals surface area contributed by atoms with Crippen LogP contribution in [0, 0.1) is 0 Å². The Hall–Kier alpha value is -3.49. The van der Waals surface area contributed by atoms with Crippen LogP contribution in [0.1, 0.15) is 27.7 Å². The fourth-order valence-corrected chi connectivity index (χ4v) is 14.3. The van der Waals surface area contributed by atoms with Crippen LogP contribution in [-0.2, 0) is 104 Å². The molecule has 4 amide bonds. The molecule has 0 aromatic heterocycles. The van der Waals surface area contributed by atoms with Gasteiger partial charge in [-0.2, -0.15) is 0 Å². The Kier molecular flexibility index (Phi) is 33.8. The second kappa shape index (κ2) is 40.3. The number of quaternary nitrogens is 1. The number of aliphatic hydroxyl groups excluding tert-OH is 21. The summed E-state index contributed by atoms with van der Waals surface area (Å²) in [5.74, 6) is -3.56. The van der Waals surface area contributed by atoms with Gasteiger partial charge in [0, 0.05) is 27.7 Å². The van der Waals surface area contributed by atoms with Crippen molar-refractivity contribution in [3.63, 3.8) is 0 Å². The molecule has 26 N–H and O–H groups in total. The van der Waals surface area contributed by atoms with Gasteiger partial charge in [-0.1, -0.05) is 0 Å². The van der Waals surface area contributed by atoms with Crippen molar-refractivity contribution in [2.45, 2.75) is 273 Å². The predicted molar refractivity (Wildman–Crippen MR) is 348 cm³/mol. The maximum Gasteiger partial charge on any atom is 0.472 e.